The fraction of sp³-hybridized carbons (Fsp3) is 0.417. The number of carbonyl (C=O) groups excluding carboxylic acids is 2. The molecule has 33 heavy (non-hydrogen) atoms. The molecule has 9 heteroatoms. The average Bonchev–Trinajstić information content (AvgIpc) is 2.78. The van der Waals surface area contributed by atoms with Crippen LogP contribution in [0, 0.1) is 0 Å². The number of benzene rings is 2. The van der Waals surface area contributed by atoms with E-state index in [0.717, 1.165) is 28.1 Å². The van der Waals surface area contributed by atoms with E-state index in [0.29, 0.717) is 23.7 Å². The lowest BCUT2D eigenvalue weighted by molar-refractivity contribution is -0.139. The maximum absolute atomic E-state index is 13.5. The zero-order chi connectivity index (χ0) is 24.6. The standard InChI is InChI=1S/C24H32ClN3O4S/c1-5-14-26-24(30)18(3)27(16-19-10-9-12-21(25)15-19)23(29)17-28(33(4,31)32)22-13-8-7-11-20(22)6-2/h7-13,15,18H,5-6,14,16-17H2,1-4H3,(H,26,30)/t18-/m0/s1. The Morgan fingerprint density at radius 1 is 1.09 bits per heavy atom. The Kier molecular flexibility index (Phi) is 9.73. The van der Waals surface area contributed by atoms with E-state index in [2.05, 4.69) is 5.32 Å². The molecule has 0 fully saturated rings. The summed E-state index contributed by atoms with van der Waals surface area (Å²) in [5, 5.41) is 3.32. The highest BCUT2D eigenvalue weighted by atomic mass is 35.5. The molecule has 0 heterocycles. The first-order valence-electron chi connectivity index (χ1n) is 11.0. The minimum Gasteiger partial charge on any atom is -0.354 e. The topological polar surface area (TPSA) is 86.8 Å². The second kappa shape index (κ2) is 12.0. The van der Waals surface area contributed by atoms with Crippen LogP contribution in [0.15, 0.2) is 48.5 Å². The van der Waals surface area contributed by atoms with Crippen molar-refractivity contribution >= 4 is 39.1 Å². The molecule has 0 saturated heterocycles. The number of carbonyl (C=O) groups is 2. The molecule has 0 aliphatic carbocycles. The average molecular weight is 494 g/mol. The van der Waals surface area contributed by atoms with Crippen LogP contribution in [0.2, 0.25) is 5.02 Å². The van der Waals surface area contributed by atoms with Gasteiger partial charge < -0.3 is 10.2 Å². The smallest absolute Gasteiger partial charge is 0.244 e. The first-order chi connectivity index (χ1) is 15.6. The first kappa shape index (κ1) is 26.7. The zero-order valence-corrected chi connectivity index (χ0v) is 21.1. The van der Waals surface area contributed by atoms with Crippen LogP contribution in [0.4, 0.5) is 5.69 Å². The maximum atomic E-state index is 13.5. The number of halogens is 1. The van der Waals surface area contributed by atoms with Crippen LogP contribution in [-0.2, 0) is 32.6 Å². The Bertz CT molecular complexity index is 1070. The normalized spacial score (nSPS) is 12.2. The predicted molar refractivity (Wildman–Crippen MR) is 133 cm³/mol. The number of nitrogens with one attached hydrogen (secondary N) is 1. The Labute approximate surface area is 201 Å². The Balaban J connectivity index is 2.41. The molecule has 180 valence electrons. The van der Waals surface area contributed by atoms with Crippen molar-refractivity contribution < 1.29 is 18.0 Å². The third-order valence-corrected chi connectivity index (χ3v) is 6.64. The highest BCUT2D eigenvalue weighted by molar-refractivity contribution is 7.92. The Morgan fingerprint density at radius 3 is 2.39 bits per heavy atom. The molecule has 0 aromatic heterocycles. The summed E-state index contributed by atoms with van der Waals surface area (Å²) in [5.74, 6) is -0.780. The van der Waals surface area contributed by atoms with Crippen molar-refractivity contribution in [2.45, 2.75) is 46.2 Å². The SMILES string of the molecule is CCCNC(=O)[C@H](C)N(Cc1cccc(Cl)c1)C(=O)CN(c1ccccc1CC)S(C)(=O)=O. The summed E-state index contributed by atoms with van der Waals surface area (Å²) in [6.45, 7) is 5.69. The van der Waals surface area contributed by atoms with E-state index in [1.165, 1.54) is 4.90 Å². The Morgan fingerprint density at radius 2 is 1.79 bits per heavy atom. The van der Waals surface area contributed by atoms with Gasteiger partial charge in [-0.25, -0.2) is 8.42 Å². The van der Waals surface area contributed by atoms with Crippen molar-refractivity contribution in [1.29, 1.82) is 0 Å². The van der Waals surface area contributed by atoms with Crippen LogP contribution < -0.4 is 9.62 Å². The minimum absolute atomic E-state index is 0.118. The third kappa shape index (κ3) is 7.47. The number of para-hydroxylation sites is 1. The van der Waals surface area contributed by atoms with Crippen molar-refractivity contribution in [3.05, 3.63) is 64.7 Å². The van der Waals surface area contributed by atoms with E-state index in [9.17, 15) is 18.0 Å². The van der Waals surface area contributed by atoms with Gasteiger partial charge in [0.05, 0.1) is 11.9 Å². The van der Waals surface area contributed by atoms with E-state index < -0.39 is 28.5 Å². The van der Waals surface area contributed by atoms with Gasteiger partial charge in [0.25, 0.3) is 0 Å². The molecule has 0 aliphatic rings. The molecule has 2 rings (SSSR count). The lowest BCUT2D eigenvalue weighted by Crippen LogP contribution is -2.51. The minimum atomic E-state index is -3.75. The first-order valence-corrected chi connectivity index (χ1v) is 13.2. The van der Waals surface area contributed by atoms with E-state index in [1.807, 2.05) is 32.0 Å². The fourth-order valence-corrected chi connectivity index (χ4v) is 4.55. The zero-order valence-electron chi connectivity index (χ0n) is 19.5. The number of rotatable bonds is 11. The molecule has 0 aliphatic heterocycles. The lowest BCUT2D eigenvalue weighted by Gasteiger charge is -2.32. The second-order valence-corrected chi connectivity index (χ2v) is 10.2. The molecular weight excluding hydrogens is 462 g/mol. The van der Waals surface area contributed by atoms with Gasteiger partial charge in [-0.1, -0.05) is 55.8 Å². The number of hydrogen-bond donors (Lipinski definition) is 1. The van der Waals surface area contributed by atoms with Crippen LogP contribution in [0.25, 0.3) is 0 Å². The molecule has 0 radical (unpaired) electrons. The third-order valence-electron chi connectivity index (χ3n) is 5.28. The van der Waals surface area contributed by atoms with Gasteiger partial charge in [0, 0.05) is 18.1 Å². The van der Waals surface area contributed by atoms with E-state index in [4.69, 9.17) is 11.6 Å². The van der Waals surface area contributed by atoms with Crippen molar-refractivity contribution in [3.63, 3.8) is 0 Å². The molecule has 1 atom stereocenters. The number of hydrogen-bond acceptors (Lipinski definition) is 4. The second-order valence-electron chi connectivity index (χ2n) is 7.87. The summed E-state index contributed by atoms with van der Waals surface area (Å²) in [5.41, 5.74) is 2.01. The summed E-state index contributed by atoms with van der Waals surface area (Å²) in [6, 6.07) is 13.3. The summed E-state index contributed by atoms with van der Waals surface area (Å²) < 4.78 is 26.4. The maximum Gasteiger partial charge on any atom is 0.244 e. The van der Waals surface area contributed by atoms with Gasteiger partial charge in [-0.2, -0.15) is 0 Å². The van der Waals surface area contributed by atoms with Crippen molar-refractivity contribution in [2.24, 2.45) is 0 Å². The van der Waals surface area contributed by atoms with E-state index >= 15 is 0 Å². The van der Waals surface area contributed by atoms with Gasteiger partial charge in [-0.15, -0.1) is 0 Å². The molecular formula is C24H32ClN3O4S. The highest BCUT2D eigenvalue weighted by Crippen LogP contribution is 2.24. The molecule has 2 aromatic rings. The molecule has 2 aromatic carbocycles. The van der Waals surface area contributed by atoms with E-state index in [-0.39, 0.29) is 12.5 Å². The number of nitrogens with zero attached hydrogens (tertiary/aromatic N) is 2. The predicted octanol–water partition coefficient (Wildman–Crippen LogP) is 3.61. The summed E-state index contributed by atoms with van der Waals surface area (Å²) in [7, 11) is -3.75. The molecule has 0 bridgehead atoms. The number of sulfonamides is 1. The monoisotopic (exact) mass is 493 g/mol. The summed E-state index contributed by atoms with van der Waals surface area (Å²) >= 11 is 6.11. The van der Waals surface area contributed by atoms with Gasteiger partial charge in [0.15, 0.2) is 0 Å². The largest absolute Gasteiger partial charge is 0.354 e. The summed E-state index contributed by atoms with van der Waals surface area (Å²) in [6.07, 6.45) is 2.44. The molecule has 2 amide bonds. The van der Waals surface area contributed by atoms with Crippen LogP contribution >= 0.6 is 11.6 Å². The number of aryl methyl sites for hydroxylation is 1. The van der Waals surface area contributed by atoms with Gasteiger partial charge in [-0.05, 0) is 49.1 Å². The quantitative estimate of drug-likeness (QED) is 0.518. The van der Waals surface area contributed by atoms with Gasteiger partial charge in [0.1, 0.15) is 12.6 Å². The van der Waals surface area contributed by atoms with Gasteiger partial charge in [0.2, 0.25) is 21.8 Å². The van der Waals surface area contributed by atoms with Gasteiger partial charge in [-0.3, -0.25) is 13.9 Å². The fourth-order valence-electron chi connectivity index (χ4n) is 3.46. The molecule has 0 spiro atoms. The number of anilines is 1. The molecule has 1 N–H and O–H groups in total. The highest BCUT2D eigenvalue weighted by Gasteiger charge is 2.30. The summed E-state index contributed by atoms with van der Waals surface area (Å²) in [4.78, 5) is 27.6. The van der Waals surface area contributed by atoms with E-state index in [1.54, 1.807) is 37.3 Å². The Hall–Kier alpha value is -2.58. The molecule has 0 unspecified atom stereocenters. The van der Waals surface area contributed by atoms with Gasteiger partial charge >= 0.3 is 0 Å². The van der Waals surface area contributed by atoms with Crippen molar-refractivity contribution in [3.8, 4) is 0 Å². The van der Waals surface area contributed by atoms with Crippen LogP contribution in [-0.4, -0.2) is 50.5 Å². The van der Waals surface area contributed by atoms with Crippen LogP contribution in [0.5, 0.6) is 0 Å². The van der Waals surface area contributed by atoms with Crippen molar-refractivity contribution in [1.82, 2.24) is 10.2 Å². The van der Waals surface area contributed by atoms with Crippen LogP contribution in [0.3, 0.4) is 0 Å². The molecule has 7 nitrogen and oxygen atoms in total. The van der Waals surface area contributed by atoms with Crippen LogP contribution in [0.1, 0.15) is 38.3 Å². The molecule has 0 saturated carbocycles. The number of amides is 2. The lowest BCUT2D eigenvalue weighted by atomic mass is 10.1. The van der Waals surface area contributed by atoms with Crippen molar-refractivity contribution in [2.75, 3.05) is 23.7 Å².